The Hall–Kier alpha value is -2.79. The molecule has 1 aliphatic heterocycles. The molecule has 0 amide bonds. The van der Waals surface area contributed by atoms with Gasteiger partial charge >= 0.3 is 0 Å². The predicted octanol–water partition coefficient (Wildman–Crippen LogP) is 5.48. The first-order valence-corrected chi connectivity index (χ1v) is 10.1. The van der Waals surface area contributed by atoms with E-state index in [0.29, 0.717) is 12.5 Å². The first kappa shape index (κ1) is 18.6. The molecule has 0 aliphatic carbocycles. The van der Waals surface area contributed by atoms with Gasteiger partial charge in [0.25, 0.3) is 0 Å². The van der Waals surface area contributed by atoms with Crippen LogP contribution in [-0.4, -0.2) is 23.1 Å². The van der Waals surface area contributed by atoms with E-state index in [2.05, 4.69) is 49.8 Å². The van der Waals surface area contributed by atoms with Crippen molar-refractivity contribution in [3.8, 4) is 0 Å². The Morgan fingerprint density at radius 1 is 0.893 bits per heavy atom. The molecule has 2 aromatic carbocycles. The van der Waals surface area contributed by atoms with E-state index < -0.39 is 0 Å². The number of hydrogen-bond acceptors (Lipinski definition) is 5. The van der Waals surface area contributed by atoms with Crippen LogP contribution in [-0.2, 0) is 6.54 Å². The van der Waals surface area contributed by atoms with E-state index >= 15 is 0 Å². The van der Waals surface area contributed by atoms with Crippen molar-refractivity contribution in [3.05, 3.63) is 71.4 Å². The van der Waals surface area contributed by atoms with Gasteiger partial charge in [-0.3, -0.25) is 0 Å². The number of benzene rings is 2. The Bertz CT molecular complexity index is 890. The van der Waals surface area contributed by atoms with E-state index in [1.54, 1.807) is 6.20 Å². The van der Waals surface area contributed by atoms with E-state index in [1.165, 1.54) is 24.9 Å². The summed E-state index contributed by atoms with van der Waals surface area (Å²) in [5.41, 5.74) is 3.41. The van der Waals surface area contributed by atoms with Gasteiger partial charge in [-0.2, -0.15) is 4.98 Å². The highest BCUT2D eigenvalue weighted by Crippen LogP contribution is 2.23. The lowest BCUT2D eigenvalue weighted by Crippen LogP contribution is -2.29. The molecule has 1 aliphatic rings. The van der Waals surface area contributed by atoms with E-state index in [4.69, 9.17) is 11.6 Å². The summed E-state index contributed by atoms with van der Waals surface area (Å²) in [5, 5.41) is 7.34. The van der Waals surface area contributed by atoms with Crippen LogP contribution in [0.3, 0.4) is 0 Å². The van der Waals surface area contributed by atoms with Gasteiger partial charge in [0.15, 0.2) is 0 Å². The second kappa shape index (κ2) is 8.93. The lowest BCUT2D eigenvalue weighted by atomic mass is 10.1. The Kier molecular flexibility index (Phi) is 5.92. The molecule has 1 fully saturated rings. The molecule has 28 heavy (non-hydrogen) atoms. The average Bonchev–Trinajstić information content (AvgIpc) is 2.75. The molecule has 4 rings (SSSR count). The standard InChI is InChI=1S/C22H24ClN5/c23-18-6-4-17(5-7-18)16-25-21-12-13-24-22(27-21)26-19-8-10-20(11-9-19)28-14-2-1-3-15-28/h4-13H,1-3,14-16H2,(H2,24,25,26,27). The van der Waals surface area contributed by atoms with Crippen molar-refractivity contribution in [2.75, 3.05) is 28.6 Å². The summed E-state index contributed by atoms with van der Waals surface area (Å²) >= 11 is 5.93. The van der Waals surface area contributed by atoms with Crippen LogP contribution < -0.4 is 15.5 Å². The lowest BCUT2D eigenvalue weighted by Gasteiger charge is -2.28. The monoisotopic (exact) mass is 393 g/mol. The van der Waals surface area contributed by atoms with Gasteiger partial charge in [-0.1, -0.05) is 23.7 Å². The maximum Gasteiger partial charge on any atom is 0.229 e. The van der Waals surface area contributed by atoms with Gasteiger partial charge in [0.2, 0.25) is 5.95 Å². The Morgan fingerprint density at radius 2 is 1.64 bits per heavy atom. The van der Waals surface area contributed by atoms with Crippen molar-refractivity contribution in [3.63, 3.8) is 0 Å². The summed E-state index contributed by atoms with van der Waals surface area (Å²) in [6.45, 7) is 2.98. The van der Waals surface area contributed by atoms with E-state index in [1.807, 2.05) is 30.3 Å². The molecule has 0 atom stereocenters. The Labute approximate surface area is 170 Å². The maximum absolute atomic E-state index is 5.93. The third-order valence-electron chi connectivity index (χ3n) is 4.89. The first-order valence-electron chi connectivity index (χ1n) is 9.70. The normalized spacial score (nSPS) is 14.0. The summed E-state index contributed by atoms with van der Waals surface area (Å²) in [6, 6.07) is 18.1. The molecule has 0 spiro atoms. The van der Waals surface area contributed by atoms with Crippen LogP contribution in [0, 0.1) is 0 Å². The third-order valence-corrected chi connectivity index (χ3v) is 5.14. The molecular weight excluding hydrogens is 370 g/mol. The Morgan fingerprint density at radius 3 is 2.39 bits per heavy atom. The van der Waals surface area contributed by atoms with Crippen LogP contribution in [0.25, 0.3) is 0 Å². The molecule has 1 aromatic heterocycles. The van der Waals surface area contributed by atoms with Crippen molar-refractivity contribution < 1.29 is 0 Å². The fraction of sp³-hybridized carbons (Fsp3) is 0.273. The molecule has 0 radical (unpaired) electrons. The molecule has 1 saturated heterocycles. The number of nitrogens with one attached hydrogen (secondary N) is 2. The number of hydrogen-bond donors (Lipinski definition) is 2. The molecule has 0 unspecified atom stereocenters. The highest BCUT2D eigenvalue weighted by atomic mass is 35.5. The van der Waals surface area contributed by atoms with Gasteiger partial charge in [-0.15, -0.1) is 0 Å². The molecule has 0 bridgehead atoms. The predicted molar refractivity (Wildman–Crippen MR) is 117 cm³/mol. The fourth-order valence-corrected chi connectivity index (χ4v) is 3.48. The average molecular weight is 394 g/mol. The zero-order chi connectivity index (χ0) is 19.2. The number of rotatable bonds is 6. The summed E-state index contributed by atoms with van der Waals surface area (Å²) in [4.78, 5) is 11.3. The minimum atomic E-state index is 0.576. The smallest absolute Gasteiger partial charge is 0.229 e. The van der Waals surface area contributed by atoms with E-state index in [-0.39, 0.29) is 0 Å². The summed E-state index contributed by atoms with van der Waals surface area (Å²) in [6.07, 6.45) is 5.66. The quantitative estimate of drug-likeness (QED) is 0.581. The molecule has 6 heteroatoms. The molecule has 0 saturated carbocycles. The van der Waals surface area contributed by atoms with E-state index in [0.717, 1.165) is 35.2 Å². The largest absolute Gasteiger partial charge is 0.372 e. The number of aromatic nitrogens is 2. The maximum atomic E-state index is 5.93. The van der Waals surface area contributed by atoms with Crippen molar-refractivity contribution >= 4 is 34.7 Å². The highest BCUT2D eigenvalue weighted by Gasteiger charge is 2.10. The molecule has 5 nitrogen and oxygen atoms in total. The lowest BCUT2D eigenvalue weighted by molar-refractivity contribution is 0.578. The van der Waals surface area contributed by atoms with E-state index in [9.17, 15) is 0 Å². The van der Waals surface area contributed by atoms with Crippen LogP contribution in [0.15, 0.2) is 60.8 Å². The SMILES string of the molecule is Clc1ccc(CNc2ccnc(Nc3ccc(N4CCCCC4)cc3)n2)cc1. The van der Waals surface area contributed by atoms with Crippen LogP contribution in [0.2, 0.25) is 5.02 Å². The van der Waals surface area contributed by atoms with Crippen LogP contribution in [0.5, 0.6) is 0 Å². The number of anilines is 4. The van der Waals surface area contributed by atoms with Crippen LogP contribution >= 0.6 is 11.6 Å². The Balaban J connectivity index is 1.36. The topological polar surface area (TPSA) is 53.1 Å². The number of piperidine rings is 1. The number of halogens is 1. The van der Waals surface area contributed by atoms with Gasteiger partial charge in [0, 0.05) is 42.2 Å². The van der Waals surface area contributed by atoms with Crippen LogP contribution in [0.4, 0.5) is 23.1 Å². The molecule has 2 heterocycles. The second-order valence-electron chi connectivity index (χ2n) is 6.97. The van der Waals surface area contributed by atoms with Gasteiger partial charge < -0.3 is 15.5 Å². The minimum Gasteiger partial charge on any atom is -0.372 e. The zero-order valence-electron chi connectivity index (χ0n) is 15.7. The molecule has 3 aromatic rings. The van der Waals surface area contributed by atoms with Crippen molar-refractivity contribution in [1.29, 1.82) is 0 Å². The molecule has 144 valence electrons. The van der Waals surface area contributed by atoms with Gasteiger partial charge in [-0.05, 0) is 67.3 Å². The molecule has 2 N–H and O–H groups in total. The van der Waals surface area contributed by atoms with Gasteiger partial charge in [0.1, 0.15) is 5.82 Å². The number of nitrogens with zero attached hydrogens (tertiary/aromatic N) is 3. The highest BCUT2D eigenvalue weighted by molar-refractivity contribution is 6.30. The first-order chi connectivity index (χ1) is 13.8. The van der Waals surface area contributed by atoms with Crippen molar-refractivity contribution in [2.45, 2.75) is 25.8 Å². The summed E-state index contributed by atoms with van der Waals surface area (Å²) in [7, 11) is 0. The second-order valence-corrected chi connectivity index (χ2v) is 7.40. The van der Waals surface area contributed by atoms with Crippen LogP contribution in [0.1, 0.15) is 24.8 Å². The summed E-state index contributed by atoms with van der Waals surface area (Å²) in [5.74, 6) is 1.35. The summed E-state index contributed by atoms with van der Waals surface area (Å²) < 4.78 is 0. The van der Waals surface area contributed by atoms with Gasteiger partial charge in [-0.25, -0.2) is 4.98 Å². The molecular formula is C22H24ClN5. The van der Waals surface area contributed by atoms with Crippen molar-refractivity contribution in [1.82, 2.24) is 9.97 Å². The van der Waals surface area contributed by atoms with Gasteiger partial charge in [0.05, 0.1) is 0 Å². The third kappa shape index (κ3) is 4.93. The fourth-order valence-electron chi connectivity index (χ4n) is 3.35. The van der Waals surface area contributed by atoms with Crippen molar-refractivity contribution in [2.24, 2.45) is 0 Å². The zero-order valence-corrected chi connectivity index (χ0v) is 16.5. The minimum absolute atomic E-state index is 0.576.